The van der Waals surface area contributed by atoms with Crippen molar-refractivity contribution in [1.29, 1.82) is 0 Å². The zero-order valence-electron chi connectivity index (χ0n) is 10.4. The van der Waals surface area contributed by atoms with E-state index in [9.17, 15) is 9.50 Å². The fraction of sp³-hybridized carbons (Fsp3) is 1.00. The first-order valence-electron chi connectivity index (χ1n) is 5.32. The molecule has 0 atom stereocenters. The molecule has 0 aromatic heterocycles. The number of aliphatic hydroxyl groups excluding tert-OH is 1. The minimum atomic E-state index is -1.11. The van der Waals surface area contributed by atoms with Gasteiger partial charge in [0.1, 0.15) is 5.67 Å². The van der Waals surface area contributed by atoms with Crippen molar-refractivity contribution in [3.05, 3.63) is 0 Å². The largest absolute Gasteiger partial charge is 0.396 e. The third kappa shape index (κ3) is 3.95. The van der Waals surface area contributed by atoms with Gasteiger partial charge in [0.05, 0.1) is 0 Å². The monoisotopic (exact) mass is 204 g/mol. The second kappa shape index (κ2) is 4.18. The van der Waals surface area contributed by atoms with Crippen molar-refractivity contribution >= 4 is 0 Å². The summed E-state index contributed by atoms with van der Waals surface area (Å²) < 4.78 is 13.3. The Balaban J connectivity index is 4.35. The van der Waals surface area contributed by atoms with Crippen LogP contribution in [0.25, 0.3) is 0 Å². The first-order chi connectivity index (χ1) is 6.02. The Morgan fingerprint density at radius 1 is 0.857 bits per heavy atom. The van der Waals surface area contributed by atoms with Crippen LogP contribution in [0.4, 0.5) is 4.39 Å². The predicted octanol–water partition coefficient (Wildman–Crippen LogP) is 3.56. The molecule has 86 valence electrons. The molecule has 0 spiro atoms. The van der Waals surface area contributed by atoms with Gasteiger partial charge in [0.2, 0.25) is 0 Å². The highest BCUT2D eigenvalue weighted by molar-refractivity contribution is 4.87. The van der Waals surface area contributed by atoms with Crippen LogP contribution in [0.1, 0.15) is 54.4 Å². The van der Waals surface area contributed by atoms with Crippen molar-refractivity contribution in [3.8, 4) is 0 Å². The lowest BCUT2D eigenvalue weighted by atomic mass is 9.65. The van der Waals surface area contributed by atoms with Gasteiger partial charge in [-0.15, -0.1) is 0 Å². The summed E-state index contributed by atoms with van der Waals surface area (Å²) >= 11 is 0. The van der Waals surface area contributed by atoms with Gasteiger partial charge in [-0.3, -0.25) is 0 Å². The van der Waals surface area contributed by atoms with Crippen LogP contribution in [-0.2, 0) is 0 Å². The molecule has 1 N–H and O–H groups in total. The Morgan fingerprint density at radius 2 is 1.29 bits per heavy atom. The molecule has 0 fully saturated rings. The molecule has 0 aromatic rings. The molecule has 0 rings (SSSR count). The van der Waals surface area contributed by atoms with Crippen molar-refractivity contribution < 1.29 is 9.50 Å². The summed E-state index contributed by atoms with van der Waals surface area (Å²) in [5, 5.41) is 9.27. The van der Waals surface area contributed by atoms with E-state index >= 15 is 0 Å². The normalized spacial score (nSPS) is 14.6. The van der Waals surface area contributed by atoms with Gasteiger partial charge in [0.25, 0.3) is 0 Å². The smallest absolute Gasteiger partial charge is 0.105 e. The zero-order valence-corrected chi connectivity index (χ0v) is 10.4. The van der Waals surface area contributed by atoms with Gasteiger partial charge in [-0.05, 0) is 37.5 Å². The van der Waals surface area contributed by atoms with Crippen LogP contribution < -0.4 is 0 Å². The van der Waals surface area contributed by atoms with Crippen LogP contribution >= 0.6 is 0 Å². The molecule has 14 heavy (non-hydrogen) atoms. The van der Waals surface area contributed by atoms with Crippen LogP contribution in [-0.4, -0.2) is 17.4 Å². The van der Waals surface area contributed by atoms with Gasteiger partial charge >= 0.3 is 0 Å². The van der Waals surface area contributed by atoms with Gasteiger partial charge in [-0.2, -0.15) is 0 Å². The third-order valence-corrected chi connectivity index (χ3v) is 3.57. The van der Waals surface area contributed by atoms with Crippen LogP contribution in [0.5, 0.6) is 0 Å². The van der Waals surface area contributed by atoms with Crippen LogP contribution in [0, 0.1) is 10.8 Å². The van der Waals surface area contributed by atoms with E-state index in [-0.39, 0.29) is 17.4 Å². The summed E-state index contributed by atoms with van der Waals surface area (Å²) in [4.78, 5) is 0. The molecule has 2 heteroatoms. The first-order valence-corrected chi connectivity index (χ1v) is 5.32. The van der Waals surface area contributed by atoms with E-state index in [0.717, 1.165) is 6.42 Å². The molecule has 0 aliphatic rings. The highest BCUT2D eigenvalue weighted by atomic mass is 19.1. The second-order valence-corrected chi connectivity index (χ2v) is 6.14. The van der Waals surface area contributed by atoms with Crippen LogP contribution in [0.15, 0.2) is 0 Å². The van der Waals surface area contributed by atoms with Crippen LogP contribution in [0.2, 0.25) is 0 Å². The zero-order chi connectivity index (χ0) is 11.6. The fourth-order valence-electron chi connectivity index (χ4n) is 1.16. The van der Waals surface area contributed by atoms with Crippen molar-refractivity contribution in [3.63, 3.8) is 0 Å². The van der Waals surface area contributed by atoms with Gasteiger partial charge in [0, 0.05) is 6.61 Å². The molecule has 0 saturated heterocycles. The van der Waals surface area contributed by atoms with E-state index < -0.39 is 5.67 Å². The maximum absolute atomic E-state index is 13.3. The number of halogens is 1. The minimum absolute atomic E-state index is 0.0366. The average molecular weight is 204 g/mol. The summed E-state index contributed by atoms with van der Waals surface area (Å²) in [5.74, 6) is 0. The molecule has 0 heterocycles. The summed E-state index contributed by atoms with van der Waals surface area (Å²) in [6.45, 7) is 11.6. The summed E-state index contributed by atoms with van der Waals surface area (Å²) in [5.41, 5.74) is -1.30. The van der Waals surface area contributed by atoms with Crippen LogP contribution in [0.3, 0.4) is 0 Å². The first kappa shape index (κ1) is 13.9. The topological polar surface area (TPSA) is 20.2 Å². The van der Waals surface area contributed by atoms with E-state index in [1.165, 1.54) is 0 Å². The third-order valence-electron chi connectivity index (χ3n) is 3.57. The van der Waals surface area contributed by atoms with Gasteiger partial charge in [-0.1, -0.05) is 27.7 Å². The highest BCUT2D eigenvalue weighted by Gasteiger charge is 2.37. The Labute approximate surface area is 87.7 Å². The van der Waals surface area contributed by atoms with Gasteiger partial charge in [0.15, 0.2) is 0 Å². The lowest BCUT2D eigenvalue weighted by Crippen LogP contribution is -2.36. The van der Waals surface area contributed by atoms with Gasteiger partial charge in [-0.25, -0.2) is 4.39 Å². The molecule has 0 amide bonds. The number of alkyl halides is 1. The van der Waals surface area contributed by atoms with E-state index in [1.54, 1.807) is 13.8 Å². The highest BCUT2D eigenvalue weighted by Crippen LogP contribution is 2.43. The van der Waals surface area contributed by atoms with Crippen molar-refractivity contribution in [2.45, 2.75) is 60.1 Å². The Morgan fingerprint density at radius 3 is 1.57 bits per heavy atom. The summed E-state index contributed by atoms with van der Waals surface area (Å²) in [6.07, 6.45) is 1.34. The quantitative estimate of drug-likeness (QED) is 0.726. The molecule has 0 unspecified atom stereocenters. The molecular weight excluding hydrogens is 179 g/mol. The average Bonchev–Trinajstić information content (AvgIpc) is 1.99. The van der Waals surface area contributed by atoms with Gasteiger partial charge < -0.3 is 5.11 Å². The molecule has 0 saturated carbocycles. The number of hydrogen-bond acceptors (Lipinski definition) is 1. The van der Waals surface area contributed by atoms with Crippen molar-refractivity contribution in [2.75, 3.05) is 6.61 Å². The van der Waals surface area contributed by atoms with Crippen molar-refractivity contribution in [2.24, 2.45) is 10.8 Å². The molecular formula is C12H25FO. The summed E-state index contributed by atoms with van der Waals surface area (Å²) in [6, 6.07) is 0. The molecule has 0 aromatic carbocycles. The maximum Gasteiger partial charge on any atom is 0.105 e. The number of rotatable bonds is 5. The number of hydrogen-bond donors (Lipinski definition) is 1. The predicted molar refractivity (Wildman–Crippen MR) is 59.1 cm³/mol. The van der Waals surface area contributed by atoms with E-state index in [1.807, 2.05) is 13.8 Å². The lowest BCUT2D eigenvalue weighted by Gasteiger charge is -2.41. The maximum atomic E-state index is 13.3. The summed E-state index contributed by atoms with van der Waals surface area (Å²) in [7, 11) is 0. The van der Waals surface area contributed by atoms with E-state index in [0.29, 0.717) is 6.42 Å². The molecule has 0 radical (unpaired) electrons. The van der Waals surface area contributed by atoms with E-state index in [2.05, 4.69) is 13.8 Å². The Bertz CT molecular complexity index is 177. The SMILES string of the molecule is CC(C)(F)CCC(C)(C)C(C)(C)CO. The molecule has 0 aliphatic heterocycles. The molecule has 0 aliphatic carbocycles. The molecule has 0 bridgehead atoms. The Hall–Kier alpha value is -0.110. The second-order valence-electron chi connectivity index (χ2n) is 6.14. The van der Waals surface area contributed by atoms with Crippen molar-refractivity contribution in [1.82, 2.24) is 0 Å². The van der Waals surface area contributed by atoms with E-state index in [4.69, 9.17) is 0 Å². The fourth-order valence-corrected chi connectivity index (χ4v) is 1.16. The lowest BCUT2D eigenvalue weighted by molar-refractivity contribution is 0.0179. The minimum Gasteiger partial charge on any atom is -0.396 e. The molecule has 1 nitrogen and oxygen atoms in total. The number of aliphatic hydroxyl groups is 1. The Kier molecular flexibility index (Phi) is 4.14. The standard InChI is InChI=1S/C12H25FO/c1-10(2,11(3,4)9-14)7-8-12(5,6)13/h14H,7-9H2,1-6H3.